The van der Waals surface area contributed by atoms with Gasteiger partial charge in [0.25, 0.3) is 0 Å². The van der Waals surface area contributed by atoms with Crippen LogP contribution < -0.4 is 5.32 Å². The molecule has 150 valence electrons. The average molecular weight is 459 g/mol. The highest BCUT2D eigenvalue weighted by Crippen LogP contribution is 2.37. The largest absolute Gasteiger partial charge is 0.357 e. The topological polar surface area (TPSA) is 44.9 Å². The fourth-order valence-electron chi connectivity index (χ4n) is 4.59. The van der Waals surface area contributed by atoms with Gasteiger partial charge in [-0.3, -0.25) is 4.79 Å². The van der Waals surface area contributed by atoms with E-state index in [2.05, 4.69) is 62.6 Å². The molecule has 4 aromatic rings. The van der Waals surface area contributed by atoms with Gasteiger partial charge in [0.1, 0.15) is 0 Å². The van der Waals surface area contributed by atoms with E-state index < -0.39 is 0 Å². The number of aromatic nitrogens is 1. The van der Waals surface area contributed by atoms with Crippen molar-refractivity contribution in [1.29, 1.82) is 0 Å². The number of carbonyl (C=O) groups excluding carboxylic acids is 1. The number of H-pyrrole nitrogens is 1. The van der Waals surface area contributed by atoms with E-state index in [1.165, 1.54) is 10.9 Å². The predicted octanol–water partition coefficient (Wildman–Crippen LogP) is 6.26. The van der Waals surface area contributed by atoms with Gasteiger partial charge in [-0.15, -0.1) is 0 Å². The average Bonchev–Trinajstić information content (AvgIpc) is 3.16. The number of nitrogens with one attached hydrogen (secondary N) is 2. The van der Waals surface area contributed by atoms with Crippen LogP contribution in [0.2, 0.25) is 0 Å². The molecule has 4 heteroatoms. The van der Waals surface area contributed by atoms with Crippen molar-refractivity contribution in [3.8, 4) is 0 Å². The Labute approximate surface area is 184 Å². The molecule has 2 N–H and O–H groups in total. The lowest BCUT2D eigenvalue weighted by Crippen LogP contribution is -2.35. The summed E-state index contributed by atoms with van der Waals surface area (Å²) in [6, 6.07) is 26.5. The first kappa shape index (κ1) is 19.1. The number of rotatable bonds is 4. The fourth-order valence-corrected chi connectivity index (χ4v) is 4.95. The Morgan fingerprint density at radius 2 is 1.63 bits per heavy atom. The Morgan fingerprint density at radius 3 is 2.30 bits per heavy atom. The molecule has 1 heterocycles. The number of hydrogen-bond acceptors (Lipinski definition) is 1. The molecule has 0 saturated heterocycles. The van der Waals surface area contributed by atoms with Crippen molar-refractivity contribution < 1.29 is 4.79 Å². The molecular formula is C26H23BrN2O. The maximum Gasteiger partial charge on any atom is 0.229 e. The lowest BCUT2D eigenvalue weighted by Gasteiger charge is -2.26. The minimum Gasteiger partial charge on any atom is -0.357 e. The van der Waals surface area contributed by atoms with Gasteiger partial charge in [0.15, 0.2) is 0 Å². The Bertz CT molecular complexity index is 1140. The second-order valence-corrected chi connectivity index (χ2v) is 8.83. The van der Waals surface area contributed by atoms with Crippen molar-refractivity contribution in [2.24, 2.45) is 0 Å². The second kappa shape index (κ2) is 8.11. The van der Waals surface area contributed by atoms with Gasteiger partial charge in [0, 0.05) is 21.1 Å². The number of carbonyl (C=O) groups is 1. The maximum atomic E-state index is 13.5. The van der Waals surface area contributed by atoms with E-state index in [0.29, 0.717) is 0 Å². The standard InChI is InChI=1S/C26H23BrN2O/c27-19-14-15-23-22(16-19)20-12-7-13-21(25(20)28-23)26(30)29-24(17-8-3-1-4-9-17)18-10-5-2-6-11-18/h1-6,8-11,14-16,21,24,28H,7,12-13H2,(H,29,30)/t21-/m1/s1. The molecule has 1 aliphatic carbocycles. The summed E-state index contributed by atoms with van der Waals surface area (Å²) in [5, 5.41) is 4.57. The number of amides is 1. The van der Waals surface area contributed by atoms with Crippen LogP contribution in [0.15, 0.2) is 83.3 Å². The van der Waals surface area contributed by atoms with Crippen molar-refractivity contribution >= 4 is 32.7 Å². The van der Waals surface area contributed by atoms with E-state index in [1.54, 1.807) is 0 Å². The first-order valence-corrected chi connectivity index (χ1v) is 11.2. The maximum absolute atomic E-state index is 13.5. The number of benzene rings is 3. The van der Waals surface area contributed by atoms with Crippen LogP contribution in [-0.2, 0) is 11.2 Å². The quantitative estimate of drug-likeness (QED) is 0.372. The minimum absolute atomic E-state index is 0.0827. The fraction of sp³-hybridized carbons (Fsp3) is 0.192. The van der Waals surface area contributed by atoms with Gasteiger partial charge in [0.05, 0.1) is 12.0 Å². The van der Waals surface area contributed by atoms with Crippen LogP contribution in [0, 0.1) is 0 Å². The summed E-state index contributed by atoms with van der Waals surface area (Å²) in [6.07, 6.45) is 2.89. The van der Waals surface area contributed by atoms with Gasteiger partial charge in [-0.05, 0) is 54.2 Å². The van der Waals surface area contributed by atoms with Gasteiger partial charge >= 0.3 is 0 Å². The highest BCUT2D eigenvalue weighted by molar-refractivity contribution is 9.10. The van der Waals surface area contributed by atoms with Gasteiger partial charge in [-0.2, -0.15) is 0 Å². The minimum atomic E-state index is -0.163. The number of aryl methyl sites for hydroxylation is 1. The SMILES string of the molecule is O=C(NC(c1ccccc1)c1ccccc1)[C@@H]1CCCc2c1[nH]c1ccc(Br)cc21. The molecule has 0 spiro atoms. The number of aromatic amines is 1. The zero-order valence-corrected chi connectivity index (χ0v) is 18.2. The van der Waals surface area contributed by atoms with Crippen molar-refractivity contribution in [3.63, 3.8) is 0 Å². The van der Waals surface area contributed by atoms with E-state index in [0.717, 1.165) is 46.1 Å². The molecule has 0 saturated carbocycles. The molecule has 1 atom stereocenters. The first-order valence-electron chi connectivity index (χ1n) is 10.4. The summed E-state index contributed by atoms with van der Waals surface area (Å²) in [5.74, 6) is -0.0749. The lowest BCUT2D eigenvalue weighted by molar-refractivity contribution is -0.123. The van der Waals surface area contributed by atoms with Crippen molar-refractivity contribution in [2.75, 3.05) is 0 Å². The van der Waals surface area contributed by atoms with Crippen LogP contribution in [0.3, 0.4) is 0 Å². The molecule has 1 amide bonds. The zero-order chi connectivity index (χ0) is 20.5. The Hall–Kier alpha value is -2.85. The number of halogens is 1. The Kier molecular flexibility index (Phi) is 5.17. The molecule has 0 radical (unpaired) electrons. The molecule has 1 aliphatic rings. The molecular weight excluding hydrogens is 436 g/mol. The van der Waals surface area contributed by atoms with Gasteiger partial charge < -0.3 is 10.3 Å². The van der Waals surface area contributed by atoms with E-state index in [4.69, 9.17) is 0 Å². The Morgan fingerprint density at radius 1 is 0.967 bits per heavy atom. The second-order valence-electron chi connectivity index (χ2n) is 7.91. The van der Waals surface area contributed by atoms with Crippen LogP contribution in [-0.4, -0.2) is 10.9 Å². The predicted molar refractivity (Wildman–Crippen MR) is 125 cm³/mol. The highest BCUT2D eigenvalue weighted by Gasteiger charge is 2.31. The van der Waals surface area contributed by atoms with Crippen molar-refractivity contribution in [3.05, 3.63) is 106 Å². The summed E-state index contributed by atoms with van der Waals surface area (Å²) in [5.41, 5.74) is 5.65. The molecule has 0 aliphatic heterocycles. The third kappa shape index (κ3) is 3.56. The van der Waals surface area contributed by atoms with E-state index in [9.17, 15) is 4.79 Å². The summed E-state index contributed by atoms with van der Waals surface area (Å²) < 4.78 is 1.07. The van der Waals surface area contributed by atoms with Gasteiger partial charge in [-0.1, -0.05) is 76.6 Å². The molecule has 0 bridgehead atoms. The summed E-state index contributed by atoms with van der Waals surface area (Å²) in [6.45, 7) is 0. The first-order chi connectivity index (χ1) is 14.7. The van der Waals surface area contributed by atoms with Crippen molar-refractivity contribution in [2.45, 2.75) is 31.2 Å². The third-order valence-electron chi connectivity index (χ3n) is 6.04. The number of hydrogen-bond donors (Lipinski definition) is 2. The monoisotopic (exact) mass is 458 g/mol. The normalized spacial score (nSPS) is 15.9. The third-order valence-corrected chi connectivity index (χ3v) is 6.53. The van der Waals surface area contributed by atoms with Crippen LogP contribution in [0.4, 0.5) is 0 Å². The van der Waals surface area contributed by atoms with Crippen molar-refractivity contribution in [1.82, 2.24) is 10.3 Å². The van der Waals surface area contributed by atoms with E-state index in [1.807, 2.05) is 42.5 Å². The molecule has 0 unspecified atom stereocenters. The van der Waals surface area contributed by atoms with Gasteiger partial charge in [0.2, 0.25) is 5.91 Å². The van der Waals surface area contributed by atoms with Crippen LogP contribution >= 0.6 is 15.9 Å². The lowest BCUT2D eigenvalue weighted by atomic mass is 9.85. The van der Waals surface area contributed by atoms with E-state index in [-0.39, 0.29) is 17.9 Å². The smallest absolute Gasteiger partial charge is 0.229 e. The molecule has 1 aromatic heterocycles. The van der Waals surface area contributed by atoms with E-state index >= 15 is 0 Å². The Balaban J connectivity index is 1.49. The molecule has 3 aromatic carbocycles. The summed E-state index contributed by atoms with van der Waals surface area (Å²) >= 11 is 3.58. The van der Waals surface area contributed by atoms with Crippen LogP contribution in [0.5, 0.6) is 0 Å². The van der Waals surface area contributed by atoms with Crippen LogP contribution in [0.25, 0.3) is 10.9 Å². The zero-order valence-electron chi connectivity index (χ0n) is 16.6. The summed E-state index contributed by atoms with van der Waals surface area (Å²) in [4.78, 5) is 17.1. The van der Waals surface area contributed by atoms with Crippen LogP contribution in [0.1, 0.15) is 47.2 Å². The summed E-state index contributed by atoms with van der Waals surface area (Å²) in [7, 11) is 0. The number of fused-ring (bicyclic) bond motifs is 3. The highest BCUT2D eigenvalue weighted by atomic mass is 79.9. The molecule has 5 rings (SSSR count). The molecule has 3 nitrogen and oxygen atoms in total. The molecule has 30 heavy (non-hydrogen) atoms. The van der Waals surface area contributed by atoms with Gasteiger partial charge in [-0.25, -0.2) is 0 Å². The molecule has 0 fully saturated rings.